The largest absolute Gasteiger partial charge is 0.339 e. The number of nitrogens with zero attached hydrogens (tertiary/aromatic N) is 2. The molecular formula is C15H19Cl2N3O. The molecule has 2 rings (SSSR count). The monoisotopic (exact) mass is 327 g/mol. The number of hydrogen-bond donors (Lipinski definition) is 1. The van der Waals surface area contributed by atoms with Gasteiger partial charge in [0.05, 0.1) is 0 Å². The Balaban J connectivity index is 2.11. The minimum atomic E-state index is -0.0127. The molecule has 1 heterocycles. The first-order chi connectivity index (χ1) is 9.73. The predicted molar refractivity (Wildman–Crippen MR) is 85.5 cm³/mol. The van der Waals surface area contributed by atoms with Crippen LogP contribution >= 0.6 is 23.2 Å². The van der Waals surface area contributed by atoms with Crippen LogP contribution in [0.4, 0.5) is 0 Å². The van der Waals surface area contributed by atoms with E-state index in [1.165, 1.54) is 0 Å². The van der Waals surface area contributed by atoms with Crippen molar-refractivity contribution in [1.29, 1.82) is 0 Å². The molecule has 1 atom stereocenters. The van der Waals surface area contributed by atoms with Crippen molar-refractivity contribution >= 4 is 23.2 Å². The fourth-order valence-electron chi connectivity index (χ4n) is 2.22. The zero-order valence-corrected chi connectivity index (χ0v) is 13.9. The van der Waals surface area contributed by atoms with E-state index in [0.717, 1.165) is 12.0 Å². The molecule has 2 aromatic rings. The highest BCUT2D eigenvalue weighted by atomic mass is 35.5. The van der Waals surface area contributed by atoms with E-state index in [9.17, 15) is 0 Å². The summed E-state index contributed by atoms with van der Waals surface area (Å²) in [5, 5.41) is 5.03. The third-order valence-corrected chi connectivity index (χ3v) is 3.34. The Bertz CT molecular complexity index is 599. The van der Waals surface area contributed by atoms with Gasteiger partial charge in [-0.15, -0.1) is 0 Å². The van der Waals surface area contributed by atoms with Crippen molar-refractivity contribution in [3.63, 3.8) is 0 Å². The lowest BCUT2D eigenvalue weighted by Gasteiger charge is -2.21. The molecule has 1 unspecified atom stereocenters. The molecule has 0 aliphatic rings. The lowest BCUT2D eigenvalue weighted by molar-refractivity contribution is 0.313. The summed E-state index contributed by atoms with van der Waals surface area (Å²) in [5.74, 6) is 0.996. The van der Waals surface area contributed by atoms with E-state index in [-0.39, 0.29) is 11.5 Å². The number of benzene rings is 1. The van der Waals surface area contributed by atoms with Crippen molar-refractivity contribution in [2.75, 3.05) is 0 Å². The third kappa shape index (κ3) is 4.99. The van der Waals surface area contributed by atoms with Gasteiger partial charge in [0, 0.05) is 28.1 Å². The van der Waals surface area contributed by atoms with Crippen LogP contribution in [-0.2, 0) is 6.42 Å². The molecule has 0 aliphatic heterocycles. The summed E-state index contributed by atoms with van der Waals surface area (Å²) in [4.78, 5) is 4.36. The summed E-state index contributed by atoms with van der Waals surface area (Å²) in [6.45, 7) is 6.46. The Morgan fingerprint density at radius 2 is 1.81 bits per heavy atom. The highest BCUT2D eigenvalue weighted by Crippen LogP contribution is 2.26. The van der Waals surface area contributed by atoms with Gasteiger partial charge in [-0.05, 0) is 30.0 Å². The maximum absolute atomic E-state index is 6.12. The van der Waals surface area contributed by atoms with Gasteiger partial charge < -0.3 is 10.3 Å². The smallest absolute Gasteiger partial charge is 0.228 e. The topological polar surface area (TPSA) is 64.9 Å². The van der Waals surface area contributed by atoms with Crippen LogP contribution in [-0.4, -0.2) is 16.2 Å². The van der Waals surface area contributed by atoms with Crippen molar-refractivity contribution < 1.29 is 4.52 Å². The van der Waals surface area contributed by atoms with Crippen LogP contribution in [0.15, 0.2) is 22.7 Å². The summed E-state index contributed by atoms with van der Waals surface area (Å²) >= 11 is 11.9. The minimum absolute atomic E-state index is 0.0127. The first-order valence-corrected chi connectivity index (χ1v) is 7.53. The van der Waals surface area contributed by atoms with E-state index in [2.05, 4.69) is 30.9 Å². The molecule has 0 amide bonds. The minimum Gasteiger partial charge on any atom is -0.339 e. The maximum Gasteiger partial charge on any atom is 0.228 e. The first kappa shape index (κ1) is 16.3. The van der Waals surface area contributed by atoms with Crippen LogP contribution in [0.1, 0.15) is 33.1 Å². The van der Waals surface area contributed by atoms with Crippen LogP contribution in [0.3, 0.4) is 0 Å². The number of rotatable bonds is 4. The third-order valence-electron chi connectivity index (χ3n) is 2.90. The fraction of sp³-hybridized carbons (Fsp3) is 0.467. The summed E-state index contributed by atoms with van der Waals surface area (Å²) < 4.78 is 5.26. The Morgan fingerprint density at radius 1 is 1.19 bits per heavy atom. The SMILES string of the molecule is CC(C)(C)CC(N)Cc1nc(-c2cc(Cl)cc(Cl)c2)no1. The van der Waals surface area contributed by atoms with E-state index >= 15 is 0 Å². The van der Waals surface area contributed by atoms with E-state index in [1.807, 2.05) is 0 Å². The van der Waals surface area contributed by atoms with E-state index < -0.39 is 0 Å². The van der Waals surface area contributed by atoms with Crippen molar-refractivity contribution in [3.8, 4) is 11.4 Å². The first-order valence-electron chi connectivity index (χ1n) is 6.77. The van der Waals surface area contributed by atoms with Crippen LogP contribution < -0.4 is 5.73 Å². The molecule has 0 bridgehead atoms. The van der Waals surface area contributed by atoms with Crippen LogP contribution in [0.5, 0.6) is 0 Å². The molecule has 2 N–H and O–H groups in total. The Hall–Kier alpha value is -1.10. The number of hydrogen-bond acceptors (Lipinski definition) is 4. The quantitative estimate of drug-likeness (QED) is 0.906. The second-order valence-electron chi connectivity index (χ2n) is 6.40. The molecule has 0 spiro atoms. The highest BCUT2D eigenvalue weighted by molar-refractivity contribution is 6.35. The van der Waals surface area contributed by atoms with Crippen LogP contribution in [0, 0.1) is 5.41 Å². The molecule has 4 nitrogen and oxygen atoms in total. The zero-order valence-electron chi connectivity index (χ0n) is 12.4. The fourth-order valence-corrected chi connectivity index (χ4v) is 2.75. The van der Waals surface area contributed by atoms with E-state index in [1.54, 1.807) is 18.2 Å². The van der Waals surface area contributed by atoms with E-state index in [4.69, 9.17) is 33.5 Å². The van der Waals surface area contributed by atoms with E-state index in [0.29, 0.717) is 28.2 Å². The molecule has 0 fully saturated rings. The summed E-state index contributed by atoms with van der Waals surface area (Å²) in [5.41, 5.74) is 7.02. The number of aromatic nitrogens is 2. The summed E-state index contributed by atoms with van der Waals surface area (Å²) in [7, 11) is 0. The molecular weight excluding hydrogens is 309 g/mol. The Kier molecular flexibility index (Phi) is 4.91. The van der Waals surface area contributed by atoms with Gasteiger partial charge in [0.1, 0.15) is 0 Å². The average Bonchev–Trinajstić information content (AvgIpc) is 2.73. The van der Waals surface area contributed by atoms with Gasteiger partial charge in [-0.3, -0.25) is 0 Å². The lowest BCUT2D eigenvalue weighted by Crippen LogP contribution is -2.28. The van der Waals surface area contributed by atoms with Gasteiger partial charge >= 0.3 is 0 Å². The van der Waals surface area contributed by atoms with Crippen molar-refractivity contribution in [3.05, 3.63) is 34.1 Å². The summed E-state index contributed by atoms with van der Waals surface area (Å²) in [6.07, 6.45) is 1.44. The lowest BCUT2D eigenvalue weighted by atomic mass is 9.87. The van der Waals surface area contributed by atoms with Gasteiger partial charge in [-0.1, -0.05) is 49.1 Å². The normalized spacial score (nSPS) is 13.4. The average molecular weight is 328 g/mol. The second kappa shape index (κ2) is 6.34. The molecule has 0 saturated heterocycles. The molecule has 6 heteroatoms. The van der Waals surface area contributed by atoms with Crippen molar-refractivity contribution in [1.82, 2.24) is 10.1 Å². The molecule has 1 aromatic carbocycles. The summed E-state index contributed by atoms with van der Waals surface area (Å²) in [6, 6.07) is 5.14. The Morgan fingerprint density at radius 3 is 2.38 bits per heavy atom. The number of halogens is 2. The van der Waals surface area contributed by atoms with Gasteiger partial charge in [0.15, 0.2) is 0 Å². The van der Waals surface area contributed by atoms with Gasteiger partial charge in [-0.2, -0.15) is 4.98 Å². The van der Waals surface area contributed by atoms with Crippen LogP contribution in [0.25, 0.3) is 11.4 Å². The highest BCUT2D eigenvalue weighted by Gasteiger charge is 2.19. The van der Waals surface area contributed by atoms with Crippen molar-refractivity contribution in [2.24, 2.45) is 11.1 Å². The standard InChI is InChI=1S/C15H19Cl2N3O/c1-15(2,3)8-12(18)7-13-19-14(20-21-13)9-4-10(16)6-11(17)5-9/h4-6,12H,7-8,18H2,1-3H3. The molecule has 21 heavy (non-hydrogen) atoms. The molecule has 0 saturated carbocycles. The van der Waals surface area contributed by atoms with Gasteiger partial charge in [0.25, 0.3) is 0 Å². The second-order valence-corrected chi connectivity index (χ2v) is 7.27. The Labute approximate surface area is 134 Å². The molecule has 0 radical (unpaired) electrons. The molecule has 0 aliphatic carbocycles. The molecule has 114 valence electrons. The van der Waals surface area contributed by atoms with Crippen LogP contribution in [0.2, 0.25) is 10.0 Å². The molecule has 1 aromatic heterocycles. The maximum atomic E-state index is 6.12. The van der Waals surface area contributed by atoms with Gasteiger partial charge in [0.2, 0.25) is 11.7 Å². The van der Waals surface area contributed by atoms with Crippen molar-refractivity contribution in [2.45, 2.75) is 39.7 Å². The zero-order chi connectivity index (χ0) is 15.6. The predicted octanol–water partition coefficient (Wildman–Crippen LogP) is 4.35. The van der Waals surface area contributed by atoms with Gasteiger partial charge in [-0.25, -0.2) is 0 Å². The number of nitrogens with two attached hydrogens (primary N) is 1.